The molecule has 21 heavy (non-hydrogen) atoms. The van der Waals surface area contributed by atoms with Crippen LogP contribution in [0.1, 0.15) is 36.5 Å². The van der Waals surface area contributed by atoms with Crippen molar-refractivity contribution >= 4 is 27.5 Å². The highest BCUT2D eigenvalue weighted by atomic mass is 79.9. The molecule has 0 aliphatic carbocycles. The number of hydrogen-bond acceptors (Lipinski definition) is 4. The summed E-state index contributed by atoms with van der Waals surface area (Å²) in [6.45, 7) is 2.52. The number of carbonyl (C=O) groups excluding carboxylic acids is 1. The highest BCUT2D eigenvalue weighted by molar-refractivity contribution is 9.09. The largest absolute Gasteiger partial charge is 0.487 e. The molecule has 6 nitrogen and oxygen atoms in total. The number of alkyl halides is 1. The fourth-order valence-electron chi connectivity index (χ4n) is 1.84. The summed E-state index contributed by atoms with van der Waals surface area (Å²) in [6.07, 6.45) is 2.94. The van der Waals surface area contributed by atoms with Crippen molar-refractivity contribution in [2.75, 3.05) is 18.5 Å². The monoisotopic (exact) mass is 358 g/mol. The molecule has 1 amide bonds. The number of nitro groups is 1. The van der Waals surface area contributed by atoms with E-state index in [0.717, 1.165) is 24.6 Å². The van der Waals surface area contributed by atoms with Crippen LogP contribution in [0.3, 0.4) is 0 Å². The molecule has 0 atom stereocenters. The number of benzene rings is 1. The minimum absolute atomic E-state index is 0.0305. The molecule has 1 rings (SSSR count). The molecule has 0 aromatic heterocycles. The number of unbranched alkanes of at least 4 members (excludes halogenated alkanes) is 2. The highest BCUT2D eigenvalue weighted by Crippen LogP contribution is 2.30. The van der Waals surface area contributed by atoms with Gasteiger partial charge in [-0.1, -0.05) is 28.4 Å². The van der Waals surface area contributed by atoms with Crippen molar-refractivity contribution in [3.63, 3.8) is 0 Å². The first-order valence-electron chi connectivity index (χ1n) is 6.86. The third-order valence-corrected chi connectivity index (χ3v) is 3.38. The summed E-state index contributed by atoms with van der Waals surface area (Å²) in [5, 5.41) is 14.7. The predicted molar refractivity (Wildman–Crippen MR) is 84.2 cm³/mol. The Bertz CT molecular complexity index is 494. The molecule has 0 saturated carbocycles. The van der Waals surface area contributed by atoms with Crippen LogP contribution in [0, 0.1) is 10.1 Å². The number of nitrogens with one attached hydrogen (secondary N) is 1. The second-order valence-electron chi connectivity index (χ2n) is 4.35. The van der Waals surface area contributed by atoms with Gasteiger partial charge in [-0.05, 0) is 25.8 Å². The van der Waals surface area contributed by atoms with E-state index in [1.807, 2.05) is 0 Å². The summed E-state index contributed by atoms with van der Waals surface area (Å²) in [5.41, 5.74) is 0.00957. The number of para-hydroxylation sites is 1. The lowest BCUT2D eigenvalue weighted by molar-refractivity contribution is -0.385. The topological polar surface area (TPSA) is 81.5 Å². The maximum atomic E-state index is 12.1. The fourth-order valence-corrected chi connectivity index (χ4v) is 2.23. The summed E-state index contributed by atoms with van der Waals surface area (Å²) >= 11 is 3.35. The van der Waals surface area contributed by atoms with Gasteiger partial charge in [0.2, 0.25) is 5.75 Å². The van der Waals surface area contributed by atoms with E-state index in [0.29, 0.717) is 6.54 Å². The number of amides is 1. The van der Waals surface area contributed by atoms with Gasteiger partial charge in [0.1, 0.15) is 0 Å². The summed E-state index contributed by atoms with van der Waals surface area (Å²) in [5.74, 6) is -0.316. The lowest BCUT2D eigenvalue weighted by Crippen LogP contribution is -2.25. The lowest BCUT2D eigenvalue weighted by atomic mass is 10.1. The number of nitrogens with zero attached hydrogens (tertiary/aromatic N) is 1. The van der Waals surface area contributed by atoms with Crippen LogP contribution in [0.15, 0.2) is 18.2 Å². The molecule has 0 aliphatic heterocycles. The highest BCUT2D eigenvalue weighted by Gasteiger charge is 2.22. The van der Waals surface area contributed by atoms with Gasteiger partial charge in [0, 0.05) is 17.9 Å². The Morgan fingerprint density at radius 2 is 2.14 bits per heavy atom. The molecular weight excluding hydrogens is 340 g/mol. The van der Waals surface area contributed by atoms with Gasteiger partial charge in [-0.25, -0.2) is 0 Å². The molecule has 1 aromatic rings. The second kappa shape index (κ2) is 9.33. The van der Waals surface area contributed by atoms with Crippen LogP contribution in [-0.4, -0.2) is 29.3 Å². The first kappa shape index (κ1) is 17.4. The second-order valence-corrected chi connectivity index (χ2v) is 5.14. The van der Waals surface area contributed by atoms with Gasteiger partial charge in [0.05, 0.1) is 17.1 Å². The van der Waals surface area contributed by atoms with E-state index in [9.17, 15) is 14.9 Å². The Balaban J connectivity index is 2.78. The van der Waals surface area contributed by atoms with Crippen molar-refractivity contribution in [1.29, 1.82) is 0 Å². The minimum atomic E-state index is -0.544. The zero-order valence-electron chi connectivity index (χ0n) is 11.9. The zero-order valence-corrected chi connectivity index (χ0v) is 13.5. The van der Waals surface area contributed by atoms with Gasteiger partial charge in [-0.3, -0.25) is 14.9 Å². The summed E-state index contributed by atoms with van der Waals surface area (Å²) in [4.78, 5) is 22.6. The molecule has 7 heteroatoms. The molecule has 0 saturated heterocycles. The number of ether oxygens (including phenoxy) is 1. The van der Waals surface area contributed by atoms with Gasteiger partial charge in [0.25, 0.3) is 5.91 Å². The quantitative estimate of drug-likeness (QED) is 0.318. The Hall–Kier alpha value is -1.63. The third kappa shape index (κ3) is 5.34. The number of nitro benzene ring substituents is 1. The molecule has 0 spiro atoms. The van der Waals surface area contributed by atoms with Gasteiger partial charge in [-0.2, -0.15) is 0 Å². The van der Waals surface area contributed by atoms with Gasteiger partial charge in [0.15, 0.2) is 0 Å². The molecule has 1 aromatic carbocycles. The van der Waals surface area contributed by atoms with Crippen molar-refractivity contribution in [3.8, 4) is 5.75 Å². The van der Waals surface area contributed by atoms with E-state index in [1.165, 1.54) is 18.2 Å². The van der Waals surface area contributed by atoms with Crippen LogP contribution < -0.4 is 10.1 Å². The Labute approximate surface area is 132 Å². The predicted octanol–water partition coefficient (Wildman–Crippen LogP) is 3.29. The molecule has 1 N–H and O–H groups in total. The fraction of sp³-hybridized carbons (Fsp3) is 0.500. The van der Waals surface area contributed by atoms with Crippen LogP contribution >= 0.6 is 15.9 Å². The summed E-state index contributed by atoms with van der Waals surface area (Å²) < 4.78 is 5.29. The number of rotatable bonds is 9. The Morgan fingerprint density at radius 1 is 1.38 bits per heavy atom. The van der Waals surface area contributed by atoms with Crippen LogP contribution in [0.4, 0.5) is 5.69 Å². The van der Waals surface area contributed by atoms with E-state index in [-0.39, 0.29) is 29.5 Å². The van der Waals surface area contributed by atoms with Crippen molar-refractivity contribution in [3.05, 3.63) is 33.9 Å². The summed E-state index contributed by atoms with van der Waals surface area (Å²) in [6, 6.07) is 4.35. The van der Waals surface area contributed by atoms with Gasteiger partial charge in [-0.15, -0.1) is 0 Å². The van der Waals surface area contributed by atoms with E-state index in [4.69, 9.17) is 4.74 Å². The maximum absolute atomic E-state index is 12.1. The molecular formula is C14H19BrN2O4. The number of carbonyl (C=O) groups is 1. The van der Waals surface area contributed by atoms with Crippen LogP contribution in [0.2, 0.25) is 0 Å². The van der Waals surface area contributed by atoms with Gasteiger partial charge < -0.3 is 10.1 Å². The van der Waals surface area contributed by atoms with Crippen molar-refractivity contribution in [1.82, 2.24) is 5.32 Å². The smallest absolute Gasteiger partial charge is 0.311 e. The zero-order chi connectivity index (χ0) is 15.7. The van der Waals surface area contributed by atoms with Crippen molar-refractivity contribution in [2.45, 2.75) is 26.2 Å². The van der Waals surface area contributed by atoms with E-state index >= 15 is 0 Å². The SMILES string of the molecule is CCOc1c(C(=O)NCCCCCBr)cccc1[N+](=O)[O-]. The third-order valence-electron chi connectivity index (χ3n) is 2.82. The van der Waals surface area contributed by atoms with Crippen molar-refractivity contribution in [2.24, 2.45) is 0 Å². The number of hydrogen-bond donors (Lipinski definition) is 1. The molecule has 0 aliphatic rings. The molecule has 0 unspecified atom stereocenters. The van der Waals surface area contributed by atoms with E-state index in [2.05, 4.69) is 21.2 Å². The Kier molecular flexibility index (Phi) is 7.74. The van der Waals surface area contributed by atoms with Gasteiger partial charge >= 0.3 is 5.69 Å². The normalized spacial score (nSPS) is 10.2. The van der Waals surface area contributed by atoms with E-state index in [1.54, 1.807) is 6.92 Å². The molecule has 0 heterocycles. The minimum Gasteiger partial charge on any atom is -0.487 e. The molecule has 0 radical (unpaired) electrons. The maximum Gasteiger partial charge on any atom is 0.311 e. The standard InChI is InChI=1S/C14H19BrN2O4/c1-2-21-13-11(7-6-8-12(13)17(19)20)14(18)16-10-5-3-4-9-15/h6-8H,2-5,9-10H2,1H3,(H,16,18). The molecule has 0 fully saturated rings. The summed E-state index contributed by atoms with van der Waals surface area (Å²) in [7, 11) is 0. The molecule has 116 valence electrons. The van der Waals surface area contributed by atoms with Crippen molar-refractivity contribution < 1.29 is 14.5 Å². The van der Waals surface area contributed by atoms with Crippen LogP contribution in [0.25, 0.3) is 0 Å². The first-order valence-corrected chi connectivity index (χ1v) is 7.98. The van der Waals surface area contributed by atoms with E-state index < -0.39 is 4.92 Å². The average molecular weight is 359 g/mol. The van der Waals surface area contributed by atoms with Crippen LogP contribution in [0.5, 0.6) is 5.75 Å². The first-order chi connectivity index (χ1) is 10.1. The average Bonchev–Trinajstić information content (AvgIpc) is 2.47. The van der Waals surface area contributed by atoms with Crippen LogP contribution in [-0.2, 0) is 0 Å². The molecule has 0 bridgehead atoms. The Morgan fingerprint density at radius 3 is 2.76 bits per heavy atom. The number of halogens is 1. The lowest BCUT2D eigenvalue weighted by Gasteiger charge is -2.10.